The van der Waals surface area contributed by atoms with Crippen molar-refractivity contribution in [1.29, 1.82) is 0 Å². The fourth-order valence-corrected chi connectivity index (χ4v) is 4.32. The molecule has 0 aliphatic carbocycles. The molecule has 0 spiro atoms. The Kier molecular flexibility index (Phi) is 7.34. The Labute approximate surface area is 200 Å². The molecule has 33 heavy (non-hydrogen) atoms. The summed E-state index contributed by atoms with van der Waals surface area (Å²) >= 11 is 6.03. The van der Waals surface area contributed by atoms with Gasteiger partial charge in [0, 0.05) is 5.69 Å². The van der Waals surface area contributed by atoms with E-state index < -0.39 is 16.1 Å². The fourth-order valence-electron chi connectivity index (χ4n) is 3.00. The molecule has 1 unspecified atom stereocenters. The minimum atomic E-state index is -3.82. The first-order chi connectivity index (χ1) is 15.5. The third kappa shape index (κ3) is 6.49. The van der Waals surface area contributed by atoms with E-state index in [9.17, 15) is 13.2 Å². The number of amides is 1. The number of nitrogens with one attached hydrogen (secondary N) is 2. The van der Waals surface area contributed by atoms with Crippen LogP contribution >= 0.6 is 11.6 Å². The van der Waals surface area contributed by atoms with Gasteiger partial charge in [0.1, 0.15) is 5.75 Å². The van der Waals surface area contributed by atoms with Crippen molar-refractivity contribution in [3.05, 3.63) is 83.4 Å². The Morgan fingerprint density at radius 3 is 2.12 bits per heavy atom. The van der Waals surface area contributed by atoms with Crippen molar-refractivity contribution in [3.8, 4) is 5.75 Å². The van der Waals surface area contributed by atoms with Crippen LogP contribution in [0.25, 0.3) is 0 Å². The molecule has 2 N–H and O–H groups in total. The van der Waals surface area contributed by atoms with Crippen LogP contribution in [-0.4, -0.2) is 20.4 Å². The summed E-state index contributed by atoms with van der Waals surface area (Å²) in [5, 5.41) is 3.03. The largest absolute Gasteiger partial charge is 0.481 e. The van der Waals surface area contributed by atoms with Gasteiger partial charge in [0.25, 0.3) is 15.9 Å². The lowest BCUT2D eigenvalue weighted by atomic mass is 9.87. The minimum Gasteiger partial charge on any atom is -0.481 e. The van der Waals surface area contributed by atoms with Gasteiger partial charge in [0.05, 0.1) is 15.6 Å². The van der Waals surface area contributed by atoms with Crippen LogP contribution in [0, 0.1) is 0 Å². The molecular formula is C25H27ClN2O4S. The van der Waals surface area contributed by atoms with E-state index in [0.29, 0.717) is 16.5 Å². The van der Waals surface area contributed by atoms with Crippen molar-refractivity contribution < 1.29 is 17.9 Å². The summed E-state index contributed by atoms with van der Waals surface area (Å²) in [4.78, 5) is 12.6. The van der Waals surface area contributed by atoms with E-state index in [1.165, 1.54) is 29.8 Å². The number of hydrogen-bond donors (Lipinski definition) is 2. The summed E-state index contributed by atoms with van der Waals surface area (Å²) in [7, 11) is -3.82. The second-order valence-corrected chi connectivity index (χ2v) is 10.7. The first-order valence-corrected chi connectivity index (χ1v) is 12.3. The molecule has 1 amide bonds. The maximum Gasteiger partial charge on any atom is 0.265 e. The van der Waals surface area contributed by atoms with E-state index in [1.807, 2.05) is 24.3 Å². The Balaban J connectivity index is 1.62. The summed E-state index contributed by atoms with van der Waals surface area (Å²) < 4.78 is 33.4. The quantitative estimate of drug-likeness (QED) is 0.439. The van der Waals surface area contributed by atoms with Crippen molar-refractivity contribution in [1.82, 2.24) is 0 Å². The maximum absolute atomic E-state index is 12.6. The number of sulfonamides is 1. The van der Waals surface area contributed by atoms with E-state index in [-0.39, 0.29) is 21.9 Å². The number of carbonyl (C=O) groups excluding carboxylic acids is 1. The molecule has 0 saturated heterocycles. The van der Waals surface area contributed by atoms with Crippen LogP contribution in [0.5, 0.6) is 5.75 Å². The highest BCUT2D eigenvalue weighted by atomic mass is 35.5. The van der Waals surface area contributed by atoms with E-state index in [1.54, 1.807) is 31.2 Å². The van der Waals surface area contributed by atoms with Gasteiger partial charge in [-0.05, 0) is 66.4 Å². The lowest BCUT2D eigenvalue weighted by Crippen LogP contribution is -2.30. The number of benzene rings is 3. The monoisotopic (exact) mass is 486 g/mol. The van der Waals surface area contributed by atoms with E-state index >= 15 is 0 Å². The molecule has 8 heteroatoms. The topological polar surface area (TPSA) is 84.5 Å². The summed E-state index contributed by atoms with van der Waals surface area (Å²) in [6.45, 7) is 8.03. The van der Waals surface area contributed by atoms with Crippen LogP contribution in [0.1, 0.15) is 33.3 Å². The van der Waals surface area contributed by atoms with Crippen LogP contribution in [-0.2, 0) is 20.2 Å². The normalized spacial score (nSPS) is 12.6. The molecule has 0 fully saturated rings. The molecule has 0 heterocycles. The van der Waals surface area contributed by atoms with Gasteiger partial charge >= 0.3 is 0 Å². The summed E-state index contributed by atoms with van der Waals surface area (Å²) in [5.41, 5.74) is 1.95. The van der Waals surface area contributed by atoms with Crippen LogP contribution in [0.4, 0.5) is 11.4 Å². The highest BCUT2D eigenvalue weighted by Crippen LogP contribution is 2.26. The molecule has 0 aromatic heterocycles. The first kappa shape index (κ1) is 24.6. The lowest BCUT2D eigenvalue weighted by Gasteiger charge is -2.20. The standard InChI is InChI=1S/C25H27ClN2O4S/c1-17(32-20-13-9-18(10-14-20)25(2,3)4)24(29)27-19-11-15-21(16-12-19)33(30,31)28-23-8-6-5-7-22(23)26/h5-17,28H,1-4H3,(H,27,29). The second kappa shape index (κ2) is 9.85. The molecule has 0 aliphatic heterocycles. The number of halogens is 1. The van der Waals surface area contributed by atoms with Crippen LogP contribution in [0.15, 0.2) is 77.7 Å². The molecule has 174 valence electrons. The first-order valence-electron chi connectivity index (χ1n) is 10.4. The number of anilines is 2. The van der Waals surface area contributed by atoms with Gasteiger partial charge in [-0.15, -0.1) is 0 Å². The Morgan fingerprint density at radius 1 is 0.939 bits per heavy atom. The predicted octanol–water partition coefficient (Wildman–Crippen LogP) is 5.84. The zero-order valence-corrected chi connectivity index (χ0v) is 20.5. The van der Waals surface area contributed by atoms with Gasteiger partial charge in [-0.25, -0.2) is 8.42 Å². The minimum absolute atomic E-state index is 0.0318. The number of ether oxygens (including phenoxy) is 1. The smallest absolute Gasteiger partial charge is 0.265 e. The highest BCUT2D eigenvalue weighted by molar-refractivity contribution is 7.92. The van der Waals surface area contributed by atoms with Gasteiger partial charge < -0.3 is 10.1 Å². The molecule has 3 aromatic carbocycles. The average Bonchev–Trinajstić information content (AvgIpc) is 2.75. The van der Waals surface area contributed by atoms with Crippen LogP contribution in [0.2, 0.25) is 5.02 Å². The second-order valence-electron chi connectivity index (χ2n) is 8.63. The molecular weight excluding hydrogens is 460 g/mol. The van der Waals surface area contributed by atoms with Gasteiger partial charge in [-0.3, -0.25) is 9.52 Å². The SMILES string of the molecule is CC(Oc1ccc(C(C)(C)C)cc1)C(=O)Nc1ccc(S(=O)(=O)Nc2ccccc2Cl)cc1. The third-order valence-corrected chi connectivity index (χ3v) is 6.66. The Bertz CT molecular complexity index is 1220. The van der Waals surface area contributed by atoms with E-state index in [2.05, 4.69) is 30.8 Å². The fraction of sp³-hybridized carbons (Fsp3) is 0.240. The van der Waals surface area contributed by atoms with E-state index in [4.69, 9.17) is 16.3 Å². The Morgan fingerprint density at radius 2 is 1.55 bits per heavy atom. The van der Waals surface area contributed by atoms with Crippen molar-refractivity contribution in [2.24, 2.45) is 0 Å². The lowest BCUT2D eigenvalue weighted by molar-refractivity contribution is -0.122. The van der Waals surface area contributed by atoms with Crippen molar-refractivity contribution >= 4 is 38.9 Å². The molecule has 3 rings (SSSR count). The number of carbonyl (C=O) groups is 1. The summed E-state index contributed by atoms with van der Waals surface area (Å²) in [5.74, 6) is 0.248. The van der Waals surface area contributed by atoms with Crippen molar-refractivity contribution in [2.45, 2.75) is 44.1 Å². The third-order valence-electron chi connectivity index (χ3n) is 4.95. The number of rotatable bonds is 7. The molecule has 3 aromatic rings. The maximum atomic E-state index is 12.6. The van der Waals surface area contributed by atoms with Crippen molar-refractivity contribution in [2.75, 3.05) is 10.0 Å². The zero-order chi connectivity index (χ0) is 24.2. The van der Waals surface area contributed by atoms with Gasteiger partial charge in [0.2, 0.25) is 0 Å². The average molecular weight is 487 g/mol. The van der Waals surface area contributed by atoms with Gasteiger partial charge in [-0.1, -0.05) is 56.6 Å². The molecule has 6 nitrogen and oxygen atoms in total. The van der Waals surface area contributed by atoms with E-state index in [0.717, 1.165) is 0 Å². The van der Waals surface area contributed by atoms with Crippen LogP contribution in [0.3, 0.4) is 0 Å². The molecule has 0 aliphatic rings. The Hall–Kier alpha value is -3.03. The number of para-hydroxylation sites is 1. The van der Waals surface area contributed by atoms with Gasteiger partial charge in [-0.2, -0.15) is 0 Å². The van der Waals surface area contributed by atoms with Crippen molar-refractivity contribution in [3.63, 3.8) is 0 Å². The summed E-state index contributed by atoms with van der Waals surface area (Å²) in [6.07, 6.45) is -0.740. The molecule has 0 bridgehead atoms. The zero-order valence-electron chi connectivity index (χ0n) is 18.9. The summed E-state index contributed by atoms with van der Waals surface area (Å²) in [6, 6.07) is 20.1. The molecule has 0 saturated carbocycles. The molecule has 0 radical (unpaired) electrons. The molecule has 1 atom stereocenters. The van der Waals surface area contributed by atoms with Crippen LogP contribution < -0.4 is 14.8 Å². The highest BCUT2D eigenvalue weighted by Gasteiger charge is 2.18. The predicted molar refractivity (Wildman–Crippen MR) is 133 cm³/mol. The number of hydrogen-bond acceptors (Lipinski definition) is 4. The van der Waals surface area contributed by atoms with Gasteiger partial charge in [0.15, 0.2) is 6.10 Å².